The van der Waals surface area contributed by atoms with E-state index in [0.717, 1.165) is 61.1 Å². The van der Waals surface area contributed by atoms with Gasteiger partial charge in [-0.1, -0.05) is 31.5 Å². The van der Waals surface area contributed by atoms with Gasteiger partial charge in [-0.25, -0.2) is 0 Å². The molecule has 6 heteroatoms. The van der Waals surface area contributed by atoms with Crippen LogP contribution in [0.2, 0.25) is 0 Å². The molecule has 0 spiro atoms. The fraction of sp³-hybridized carbons (Fsp3) is 0.385. The Kier molecular flexibility index (Phi) is 7.06. The Labute approximate surface area is 193 Å². The van der Waals surface area contributed by atoms with Crippen molar-refractivity contribution in [1.82, 2.24) is 4.57 Å². The second-order valence-electron chi connectivity index (χ2n) is 8.20. The second kappa shape index (κ2) is 10.1. The Morgan fingerprint density at radius 1 is 1.16 bits per heavy atom. The number of piperidine rings is 1. The van der Waals surface area contributed by atoms with Crippen molar-refractivity contribution in [3.05, 3.63) is 64.4 Å². The first-order valence-corrected chi connectivity index (χ1v) is 12.2. The number of ether oxygens (including phenoxy) is 1. The SMILES string of the molecule is CCCCOc1ccc2c(N3CCC(Sc4ccccc4)CC3)c(C#N)c(=O)n(C)c2c1. The molecule has 5 nitrogen and oxygen atoms in total. The fourth-order valence-electron chi connectivity index (χ4n) is 4.24. The third-order valence-electron chi connectivity index (χ3n) is 6.02. The minimum Gasteiger partial charge on any atom is -0.494 e. The number of anilines is 1. The Bertz CT molecular complexity index is 1180. The fourth-order valence-corrected chi connectivity index (χ4v) is 5.39. The number of nitriles is 1. The molecular formula is C26H29N3O2S. The van der Waals surface area contributed by atoms with E-state index in [1.807, 2.05) is 36.0 Å². The molecule has 2 aromatic carbocycles. The van der Waals surface area contributed by atoms with Crippen LogP contribution >= 0.6 is 11.8 Å². The van der Waals surface area contributed by atoms with Gasteiger partial charge in [-0.15, -0.1) is 11.8 Å². The van der Waals surface area contributed by atoms with Gasteiger partial charge in [0.1, 0.15) is 17.4 Å². The third kappa shape index (κ3) is 4.63. The summed E-state index contributed by atoms with van der Waals surface area (Å²) in [7, 11) is 1.73. The van der Waals surface area contributed by atoms with Gasteiger partial charge in [0.15, 0.2) is 0 Å². The van der Waals surface area contributed by atoms with Gasteiger partial charge in [0, 0.05) is 41.7 Å². The molecule has 32 heavy (non-hydrogen) atoms. The lowest BCUT2D eigenvalue weighted by Gasteiger charge is -2.34. The molecule has 1 aliphatic rings. The Balaban J connectivity index is 1.62. The summed E-state index contributed by atoms with van der Waals surface area (Å²) in [6, 6.07) is 18.6. The van der Waals surface area contributed by atoms with Crippen molar-refractivity contribution in [2.45, 2.75) is 42.8 Å². The summed E-state index contributed by atoms with van der Waals surface area (Å²) in [6.45, 7) is 4.45. The maximum absolute atomic E-state index is 13.0. The first kappa shape index (κ1) is 22.3. The van der Waals surface area contributed by atoms with Gasteiger partial charge in [0.2, 0.25) is 0 Å². The predicted octanol–water partition coefficient (Wildman–Crippen LogP) is 5.35. The summed E-state index contributed by atoms with van der Waals surface area (Å²) in [5.41, 5.74) is 1.56. The van der Waals surface area contributed by atoms with E-state index >= 15 is 0 Å². The topological polar surface area (TPSA) is 58.3 Å². The van der Waals surface area contributed by atoms with Crippen LogP contribution in [-0.2, 0) is 7.05 Å². The molecule has 0 amide bonds. The third-order valence-corrected chi connectivity index (χ3v) is 7.37. The normalized spacial score (nSPS) is 14.5. The van der Waals surface area contributed by atoms with Crippen molar-refractivity contribution < 1.29 is 4.74 Å². The molecule has 4 rings (SSSR count). The van der Waals surface area contributed by atoms with Crippen molar-refractivity contribution in [3.8, 4) is 11.8 Å². The molecule has 1 aromatic heterocycles. The van der Waals surface area contributed by atoms with Crippen LogP contribution in [-0.4, -0.2) is 29.5 Å². The zero-order valence-electron chi connectivity index (χ0n) is 18.7. The first-order chi connectivity index (χ1) is 15.6. The van der Waals surface area contributed by atoms with Gasteiger partial charge in [0.05, 0.1) is 17.8 Å². The standard InChI is InChI=1S/C26H29N3O2S/c1-3-4-16-31-19-10-11-22-24(17-19)28(2)26(30)23(18-27)25(22)29-14-12-21(13-15-29)32-20-8-6-5-7-9-20/h5-11,17,21H,3-4,12-16H2,1-2H3. The molecule has 166 valence electrons. The van der Waals surface area contributed by atoms with Crippen LogP contribution in [0.3, 0.4) is 0 Å². The molecule has 0 N–H and O–H groups in total. The van der Waals surface area contributed by atoms with Crippen LogP contribution in [0.4, 0.5) is 5.69 Å². The van der Waals surface area contributed by atoms with Crippen LogP contribution in [0.25, 0.3) is 10.9 Å². The van der Waals surface area contributed by atoms with E-state index in [9.17, 15) is 10.1 Å². The van der Waals surface area contributed by atoms with Crippen LogP contribution in [0, 0.1) is 11.3 Å². The number of pyridine rings is 1. The maximum Gasteiger partial charge on any atom is 0.270 e. The molecule has 0 saturated carbocycles. The van der Waals surface area contributed by atoms with Crippen molar-refractivity contribution in [2.75, 3.05) is 24.6 Å². The number of fused-ring (bicyclic) bond motifs is 1. The number of benzene rings is 2. The highest BCUT2D eigenvalue weighted by Gasteiger charge is 2.26. The van der Waals surface area contributed by atoms with Crippen molar-refractivity contribution in [2.24, 2.45) is 7.05 Å². The minimum absolute atomic E-state index is 0.230. The second-order valence-corrected chi connectivity index (χ2v) is 9.57. The molecule has 0 radical (unpaired) electrons. The lowest BCUT2D eigenvalue weighted by atomic mass is 10.0. The maximum atomic E-state index is 13.0. The largest absolute Gasteiger partial charge is 0.494 e. The molecule has 0 aliphatic carbocycles. The van der Waals surface area contributed by atoms with Crippen LogP contribution < -0.4 is 15.2 Å². The van der Waals surface area contributed by atoms with Gasteiger partial charge in [-0.2, -0.15) is 5.26 Å². The number of aryl methyl sites for hydroxylation is 1. The quantitative estimate of drug-likeness (QED) is 0.457. The van der Waals surface area contributed by atoms with E-state index < -0.39 is 0 Å². The summed E-state index contributed by atoms with van der Waals surface area (Å²) in [5.74, 6) is 0.759. The number of unbranched alkanes of at least 4 members (excludes halogenated alkanes) is 1. The Morgan fingerprint density at radius 2 is 1.91 bits per heavy atom. The van der Waals surface area contributed by atoms with Gasteiger partial charge in [0.25, 0.3) is 5.56 Å². The zero-order chi connectivity index (χ0) is 22.5. The van der Waals surface area contributed by atoms with Gasteiger partial charge < -0.3 is 14.2 Å². The van der Waals surface area contributed by atoms with Crippen molar-refractivity contribution in [3.63, 3.8) is 0 Å². The Hall–Kier alpha value is -2.91. The van der Waals surface area contributed by atoms with E-state index in [1.54, 1.807) is 11.6 Å². The number of aromatic nitrogens is 1. The number of hydrogen-bond donors (Lipinski definition) is 0. The lowest BCUT2D eigenvalue weighted by Crippen LogP contribution is -2.37. The summed E-state index contributed by atoms with van der Waals surface area (Å²) >= 11 is 1.92. The molecule has 1 aliphatic heterocycles. The monoisotopic (exact) mass is 447 g/mol. The molecular weight excluding hydrogens is 418 g/mol. The molecule has 1 fully saturated rings. The van der Waals surface area contributed by atoms with Gasteiger partial charge in [-0.05, 0) is 43.5 Å². The zero-order valence-corrected chi connectivity index (χ0v) is 19.5. The van der Waals surface area contributed by atoms with E-state index in [2.05, 4.69) is 42.2 Å². The van der Waals surface area contributed by atoms with Crippen LogP contribution in [0.15, 0.2) is 58.2 Å². The number of hydrogen-bond acceptors (Lipinski definition) is 5. The number of thioether (sulfide) groups is 1. The lowest BCUT2D eigenvalue weighted by molar-refractivity contribution is 0.309. The molecule has 2 heterocycles. The summed E-state index contributed by atoms with van der Waals surface area (Å²) in [4.78, 5) is 16.5. The van der Waals surface area contributed by atoms with Crippen molar-refractivity contribution >= 4 is 28.4 Å². The number of nitrogens with zero attached hydrogens (tertiary/aromatic N) is 3. The summed E-state index contributed by atoms with van der Waals surface area (Å²) < 4.78 is 7.44. The number of rotatable bonds is 7. The van der Waals surface area contributed by atoms with E-state index in [0.29, 0.717) is 11.9 Å². The van der Waals surface area contributed by atoms with Crippen LogP contribution in [0.5, 0.6) is 5.75 Å². The average Bonchev–Trinajstić information content (AvgIpc) is 2.83. The first-order valence-electron chi connectivity index (χ1n) is 11.3. The molecule has 0 bridgehead atoms. The van der Waals surface area contributed by atoms with E-state index in [-0.39, 0.29) is 11.1 Å². The molecule has 0 atom stereocenters. The van der Waals surface area contributed by atoms with Crippen molar-refractivity contribution in [1.29, 1.82) is 5.26 Å². The highest BCUT2D eigenvalue weighted by Crippen LogP contribution is 2.36. The predicted molar refractivity (Wildman–Crippen MR) is 132 cm³/mol. The molecule has 1 saturated heterocycles. The molecule has 3 aromatic rings. The highest BCUT2D eigenvalue weighted by atomic mass is 32.2. The summed E-state index contributed by atoms with van der Waals surface area (Å²) in [6.07, 6.45) is 4.09. The van der Waals surface area contributed by atoms with Gasteiger partial charge >= 0.3 is 0 Å². The van der Waals surface area contributed by atoms with Gasteiger partial charge in [-0.3, -0.25) is 4.79 Å². The summed E-state index contributed by atoms with van der Waals surface area (Å²) in [5, 5.41) is 11.3. The van der Waals surface area contributed by atoms with E-state index in [4.69, 9.17) is 4.74 Å². The smallest absolute Gasteiger partial charge is 0.270 e. The average molecular weight is 448 g/mol. The highest BCUT2D eigenvalue weighted by molar-refractivity contribution is 8.00. The van der Waals surface area contributed by atoms with E-state index in [1.165, 1.54) is 4.90 Å². The minimum atomic E-state index is -0.249. The van der Waals surface area contributed by atoms with Crippen LogP contribution in [0.1, 0.15) is 38.2 Å². The Morgan fingerprint density at radius 3 is 2.59 bits per heavy atom. The molecule has 0 unspecified atom stereocenters.